The van der Waals surface area contributed by atoms with Crippen molar-refractivity contribution in [2.75, 3.05) is 0 Å². The minimum atomic E-state index is -2.83. The summed E-state index contributed by atoms with van der Waals surface area (Å²) in [5, 5.41) is 12.5. The topological polar surface area (TPSA) is 50.9 Å². The Morgan fingerprint density at radius 1 is 0.597 bits per heavy atom. The smallest absolute Gasteiger partial charge is 0.148 e. The van der Waals surface area contributed by atoms with Crippen LogP contribution < -0.4 is 0 Å². The summed E-state index contributed by atoms with van der Waals surface area (Å²) < 4.78 is 77.7. The van der Waals surface area contributed by atoms with Crippen LogP contribution >= 0.6 is 0 Å². The quantitative estimate of drug-likeness (QED) is 0.169. The molecule has 0 bridgehead atoms. The SMILES string of the molecule is [2H]C([2H])([2H])c1ccc(-c2ccnc(-c3[c-]c(-c4cccc5c4nc(-c4cc(C(C)(C)C)cc(C(C)(C)C)c4O)n5-c4cc(-c5ccccc5)c(C([2H])([2H])[2H])c(C([2H])([2H])[2H])c4)cc(C(C)(C)C)c3)c2)cc1.[Pt]. The Balaban J connectivity index is 0.00000741. The maximum Gasteiger partial charge on any atom is 0.148 e. The zero-order valence-electron chi connectivity index (χ0n) is 45.7. The Bertz CT molecular complexity index is 3280. The van der Waals surface area contributed by atoms with Gasteiger partial charge in [-0.25, -0.2) is 4.98 Å². The molecule has 8 rings (SSSR count). The van der Waals surface area contributed by atoms with Crippen LogP contribution in [0, 0.1) is 26.6 Å². The molecule has 0 radical (unpaired) electrons. The fourth-order valence-electron chi connectivity index (χ4n) is 7.88. The monoisotopic (exact) mass is 1000 g/mol. The number of fused-ring (bicyclic) bond motifs is 1. The van der Waals surface area contributed by atoms with Crippen molar-refractivity contribution >= 4 is 11.0 Å². The van der Waals surface area contributed by atoms with Crippen LogP contribution in [0.2, 0.25) is 0 Å². The second kappa shape index (κ2) is 16.6. The largest absolute Gasteiger partial charge is 0.507 e. The first-order valence-electron chi connectivity index (χ1n) is 25.2. The Hall–Kier alpha value is -5.57. The van der Waals surface area contributed by atoms with E-state index in [1.165, 1.54) is 6.07 Å². The molecule has 0 saturated carbocycles. The van der Waals surface area contributed by atoms with Crippen molar-refractivity contribution in [2.45, 2.75) is 99.1 Å². The second-order valence-corrected chi connectivity index (χ2v) is 19.1. The van der Waals surface area contributed by atoms with E-state index >= 15 is 0 Å². The van der Waals surface area contributed by atoms with E-state index in [1.807, 2.05) is 73.9 Å². The van der Waals surface area contributed by atoms with Crippen LogP contribution in [0.1, 0.15) is 108 Å². The molecular formula is C57H58N3OPt-. The van der Waals surface area contributed by atoms with Crippen LogP contribution in [0.25, 0.3) is 72.7 Å². The number of benzene rings is 6. The first kappa shape index (κ1) is 34.0. The molecule has 2 heterocycles. The predicted octanol–water partition coefficient (Wildman–Crippen LogP) is 15.1. The van der Waals surface area contributed by atoms with Gasteiger partial charge in [0.2, 0.25) is 0 Å². The molecule has 6 aromatic carbocycles. The Morgan fingerprint density at radius 3 is 1.97 bits per heavy atom. The number of para-hydroxylation sites is 1. The number of imidazole rings is 1. The van der Waals surface area contributed by atoms with Crippen molar-refractivity contribution in [1.29, 1.82) is 0 Å². The number of aromatic hydroxyl groups is 1. The van der Waals surface area contributed by atoms with Gasteiger partial charge in [-0.1, -0.05) is 158 Å². The Kier molecular flexibility index (Phi) is 9.10. The third kappa shape index (κ3) is 8.60. The summed E-state index contributed by atoms with van der Waals surface area (Å²) in [6.07, 6.45) is 1.73. The van der Waals surface area contributed by atoms with Gasteiger partial charge in [0.05, 0.1) is 16.6 Å². The molecule has 0 saturated heterocycles. The van der Waals surface area contributed by atoms with Crippen molar-refractivity contribution in [3.63, 3.8) is 0 Å². The molecule has 4 nitrogen and oxygen atoms in total. The van der Waals surface area contributed by atoms with Crippen molar-refractivity contribution < 1.29 is 38.5 Å². The summed E-state index contributed by atoms with van der Waals surface area (Å²) >= 11 is 0. The zero-order valence-corrected chi connectivity index (χ0v) is 39.0. The number of nitrogens with zero attached hydrogens (tertiary/aromatic N) is 3. The summed E-state index contributed by atoms with van der Waals surface area (Å²) in [6.45, 7) is 11.0. The number of hydrogen-bond acceptors (Lipinski definition) is 3. The zero-order chi connectivity index (χ0) is 51.1. The molecule has 5 heteroatoms. The van der Waals surface area contributed by atoms with E-state index in [0.717, 1.165) is 27.8 Å². The number of phenols is 1. The van der Waals surface area contributed by atoms with Gasteiger partial charge >= 0.3 is 0 Å². The van der Waals surface area contributed by atoms with Gasteiger partial charge in [0, 0.05) is 56.5 Å². The van der Waals surface area contributed by atoms with Crippen LogP contribution in [-0.2, 0) is 37.3 Å². The van der Waals surface area contributed by atoms with Crippen molar-refractivity contribution in [2.24, 2.45) is 0 Å². The molecule has 62 heavy (non-hydrogen) atoms. The van der Waals surface area contributed by atoms with E-state index < -0.39 is 26.0 Å². The summed E-state index contributed by atoms with van der Waals surface area (Å²) in [5.41, 5.74) is 8.35. The number of rotatable bonds is 6. The molecule has 318 valence electrons. The molecule has 0 spiro atoms. The summed E-state index contributed by atoms with van der Waals surface area (Å²) in [6, 6.07) is 40.4. The molecule has 0 aliphatic carbocycles. The van der Waals surface area contributed by atoms with Gasteiger partial charge < -0.3 is 5.11 Å². The average Bonchev–Trinajstić information content (AvgIpc) is 3.66. The van der Waals surface area contributed by atoms with Gasteiger partial charge in [-0.15, -0.1) is 29.3 Å². The summed E-state index contributed by atoms with van der Waals surface area (Å²) in [5.74, 6) is 0.361. The van der Waals surface area contributed by atoms with Crippen LogP contribution in [-0.4, -0.2) is 19.6 Å². The predicted molar refractivity (Wildman–Crippen MR) is 257 cm³/mol. The van der Waals surface area contributed by atoms with Gasteiger partial charge in [0.15, 0.2) is 0 Å². The molecule has 1 N–H and O–H groups in total. The minimum Gasteiger partial charge on any atom is -0.507 e. The van der Waals surface area contributed by atoms with Gasteiger partial charge in [-0.2, -0.15) is 0 Å². The van der Waals surface area contributed by atoms with Crippen LogP contribution in [0.4, 0.5) is 0 Å². The van der Waals surface area contributed by atoms with Gasteiger partial charge in [0.25, 0.3) is 0 Å². The molecule has 0 atom stereocenters. The second-order valence-electron chi connectivity index (χ2n) is 19.1. The molecule has 0 amide bonds. The maximum absolute atomic E-state index is 12.5. The van der Waals surface area contributed by atoms with Crippen LogP contribution in [0.5, 0.6) is 5.75 Å². The third-order valence-corrected chi connectivity index (χ3v) is 11.5. The van der Waals surface area contributed by atoms with E-state index in [4.69, 9.17) is 22.3 Å². The fraction of sp³-hybridized carbons (Fsp3) is 0.263. The van der Waals surface area contributed by atoms with Gasteiger partial charge in [-0.05, 0) is 106 Å². The number of hydrogen-bond donors (Lipinski definition) is 1. The molecule has 0 unspecified atom stereocenters. The van der Waals surface area contributed by atoms with Crippen LogP contribution in [0.15, 0.2) is 128 Å². The van der Waals surface area contributed by atoms with E-state index in [1.54, 1.807) is 60.8 Å². The van der Waals surface area contributed by atoms with Crippen molar-refractivity contribution in [3.05, 3.63) is 167 Å². The van der Waals surface area contributed by atoms with E-state index in [9.17, 15) is 5.11 Å². The first-order chi connectivity index (χ1) is 32.4. The molecule has 2 aromatic heterocycles. The van der Waals surface area contributed by atoms with E-state index in [0.29, 0.717) is 56.1 Å². The van der Waals surface area contributed by atoms with E-state index in [-0.39, 0.29) is 59.9 Å². The molecule has 0 aliphatic heterocycles. The summed E-state index contributed by atoms with van der Waals surface area (Å²) in [4.78, 5) is 10.3. The Labute approximate surface area is 396 Å². The number of pyridine rings is 1. The third-order valence-electron chi connectivity index (χ3n) is 11.5. The normalized spacial score (nSPS) is 14.9. The molecule has 0 aliphatic rings. The first-order valence-corrected chi connectivity index (χ1v) is 20.7. The van der Waals surface area contributed by atoms with Gasteiger partial charge in [-0.3, -0.25) is 9.55 Å². The van der Waals surface area contributed by atoms with Crippen molar-refractivity contribution in [1.82, 2.24) is 14.5 Å². The standard InChI is InChI=1S/C57H58N3O.Pt/c1-35-21-23-38(24-22-35)40-25-26-58-50(31-40)42-28-41(29-43(30-42)55(4,5)6)46-19-16-20-51-52(46)59-54(48-32-44(56(7,8)9)33-49(53(48)61)57(10,11)12)60(51)45-27-36(2)37(3)47(34-45)39-17-14-13-15-18-39;/h13-27,29-34,61H,1-12H3;/q-1;/i1D3,2D3,3D3;. The fourth-order valence-corrected chi connectivity index (χ4v) is 7.88. The number of aryl methyl sites for hydroxylation is 2. The molecule has 8 aromatic rings. The number of aromatic nitrogens is 3. The average molecular weight is 1010 g/mol. The Morgan fingerprint density at radius 2 is 1.31 bits per heavy atom. The minimum absolute atomic E-state index is 0. The van der Waals surface area contributed by atoms with Crippen molar-refractivity contribution in [3.8, 4) is 67.5 Å². The summed E-state index contributed by atoms with van der Waals surface area (Å²) in [7, 11) is 0. The molecule has 0 fully saturated rings. The van der Waals surface area contributed by atoms with E-state index in [2.05, 4.69) is 59.7 Å². The molecular weight excluding hydrogens is 938 g/mol. The van der Waals surface area contributed by atoms with Crippen LogP contribution in [0.3, 0.4) is 0 Å². The van der Waals surface area contributed by atoms with Gasteiger partial charge in [0.1, 0.15) is 11.6 Å². The number of phenolic OH excluding ortho intramolecular Hbond substituents is 1. The maximum atomic E-state index is 12.5.